The van der Waals surface area contributed by atoms with Gasteiger partial charge in [-0.2, -0.15) is 13.2 Å². The van der Waals surface area contributed by atoms with Gasteiger partial charge in [-0.25, -0.2) is 4.79 Å². The highest BCUT2D eigenvalue weighted by molar-refractivity contribution is 7.99. The number of alkyl halides is 3. The molecule has 258 valence electrons. The number of aliphatic carboxylic acids is 1. The summed E-state index contributed by atoms with van der Waals surface area (Å²) in [6, 6.07) is 17.1. The SMILES string of the molecule is COc1ccc(C=CC(=O)O)cc1OC.Cl.Cl.OCCN1CCN(CCCN2c3ccccc3Sc3ccc(C(F)(F)F)cc32)CC1. The van der Waals surface area contributed by atoms with Crippen molar-refractivity contribution in [3.8, 4) is 11.5 Å². The Hall–Kier alpha value is -3.13. The summed E-state index contributed by atoms with van der Waals surface area (Å²) >= 11 is 1.53. The Labute approximate surface area is 290 Å². The standard InChI is InChI=1S/C22H26F3N3OS.C11H12O4.2ClH/c23-22(24,25)17-6-7-21-19(16-17)28(18-4-1-2-5-20(18)30-21)9-3-8-26-10-12-27(13-11-26)14-15-29;1-14-9-5-3-8(4-6-11(12)13)7-10(9)15-2;;/h1-2,4-7,16,29H,3,8-15H2;3-7H,1-2H3,(H,12,13);2*1H. The van der Waals surface area contributed by atoms with Crippen molar-refractivity contribution in [2.45, 2.75) is 22.4 Å². The van der Waals surface area contributed by atoms with Gasteiger partial charge in [0.2, 0.25) is 0 Å². The van der Waals surface area contributed by atoms with E-state index in [1.54, 1.807) is 31.4 Å². The number of β-amino-alcohol motifs (C(OH)–C–C–N with tert-alkyl or cyclic N) is 1. The molecule has 1 saturated heterocycles. The fourth-order valence-corrected chi connectivity index (χ4v) is 6.28. The van der Waals surface area contributed by atoms with E-state index >= 15 is 0 Å². The first-order valence-corrected chi connectivity index (χ1v) is 15.4. The number of methoxy groups -OCH3 is 2. The van der Waals surface area contributed by atoms with Crippen LogP contribution in [0.1, 0.15) is 17.5 Å². The van der Waals surface area contributed by atoms with Crippen LogP contribution in [0.2, 0.25) is 0 Å². The molecule has 2 aliphatic rings. The number of benzene rings is 3. The molecule has 5 rings (SSSR count). The minimum Gasteiger partial charge on any atom is -0.493 e. The normalized spacial score (nSPS) is 14.6. The second kappa shape index (κ2) is 19.0. The second-order valence-electron chi connectivity index (χ2n) is 10.4. The average molecular weight is 719 g/mol. The first-order valence-electron chi connectivity index (χ1n) is 14.6. The van der Waals surface area contributed by atoms with Crippen molar-refractivity contribution in [3.05, 3.63) is 77.9 Å². The van der Waals surface area contributed by atoms with Gasteiger partial charge >= 0.3 is 12.1 Å². The number of aliphatic hydroxyl groups excluding tert-OH is 1. The number of carboxylic acid groups (broad SMARTS) is 1. The number of piperazine rings is 1. The maximum absolute atomic E-state index is 13.3. The van der Waals surface area contributed by atoms with Crippen molar-refractivity contribution in [2.24, 2.45) is 0 Å². The van der Waals surface area contributed by atoms with Crippen LogP contribution < -0.4 is 14.4 Å². The van der Waals surface area contributed by atoms with E-state index in [0.717, 1.165) is 66.3 Å². The maximum atomic E-state index is 13.3. The van der Waals surface area contributed by atoms with Gasteiger partial charge in [0, 0.05) is 55.1 Å². The smallest absolute Gasteiger partial charge is 0.416 e. The van der Waals surface area contributed by atoms with E-state index < -0.39 is 17.7 Å². The van der Waals surface area contributed by atoms with Crippen LogP contribution >= 0.6 is 36.6 Å². The Bertz CT molecular complexity index is 1470. The first-order chi connectivity index (χ1) is 21.6. The molecule has 0 radical (unpaired) electrons. The average Bonchev–Trinajstić information content (AvgIpc) is 3.03. The van der Waals surface area contributed by atoms with E-state index in [2.05, 4.69) is 9.80 Å². The van der Waals surface area contributed by atoms with Gasteiger partial charge in [-0.05, 0) is 67.1 Å². The predicted octanol–water partition coefficient (Wildman–Crippen LogP) is 6.95. The lowest BCUT2D eigenvalue weighted by Gasteiger charge is -2.36. The minimum atomic E-state index is -4.35. The number of hydrogen-bond acceptors (Lipinski definition) is 8. The molecule has 2 heterocycles. The molecule has 0 aliphatic carbocycles. The van der Waals surface area contributed by atoms with Gasteiger partial charge in [0.1, 0.15) is 0 Å². The molecule has 3 aromatic rings. The number of hydrogen-bond donors (Lipinski definition) is 2. The highest BCUT2D eigenvalue weighted by Crippen LogP contribution is 2.49. The van der Waals surface area contributed by atoms with E-state index in [1.165, 1.54) is 37.1 Å². The molecule has 0 spiro atoms. The topological polar surface area (TPSA) is 85.7 Å². The molecule has 1 fully saturated rings. The molecule has 0 amide bonds. The number of carboxylic acids is 1. The zero-order chi connectivity index (χ0) is 32.4. The molecule has 0 saturated carbocycles. The van der Waals surface area contributed by atoms with Crippen molar-refractivity contribution >= 4 is 60.0 Å². The summed E-state index contributed by atoms with van der Waals surface area (Å²) in [6.07, 6.45) is -0.920. The lowest BCUT2D eigenvalue weighted by molar-refractivity contribution is -0.137. The maximum Gasteiger partial charge on any atom is 0.416 e. The van der Waals surface area contributed by atoms with Gasteiger partial charge in [-0.3, -0.25) is 4.90 Å². The Balaban J connectivity index is 0.000000386. The zero-order valence-electron chi connectivity index (χ0n) is 26.1. The Morgan fingerprint density at radius 1 is 0.851 bits per heavy atom. The van der Waals surface area contributed by atoms with Crippen LogP contribution in [-0.4, -0.2) is 92.6 Å². The fourth-order valence-electron chi connectivity index (χ4n) is 5.20. The number of ether oxygens (including phenoxy) is 2. The van der Waals surface area contributed by atoms with Gasteiger partial charge < -0.3 is 29.5 Å². The molecule has 0 unspecified atom stereocenters. The summed E-state index contributed by atoms with van der Waals surface area (Å²) in [7, 11) is 3.08. The highest BCUT2D eigenvalue weighted by Gasteiger charge is 2.33. The monoisotopic (exact) mass is 717 g/mol. The van der Waals surface area contributed by atoms with Gasteiger partial charge in [-0.1, -0.05) is 30.0 Å². The van der Waals surface area contributed by atoms with Crippen LogP contribution in [0, 0.1) is 0 Å². The van der Waals surface area contributed by atoms with Gasteiger partial charge in [0.25, 0.3) is 0 Å². The highest BCUT2D eigenvalue weighted by atomic mass is 35.5. The number of anilines is 2. The summed E-state index contributed by atoms with van der Waals surface area (Å²) in [5, 5.41) is 17.5. The second-order valence-corrected chi connectivity index (χ2v) is 11.5. The number of fused-ring (bicyclic) bond motifs is 2. The third kappa shape index (κ3) is 11.2. The summed E-state index contributed by atoms with van der Waals surface area (Å²) in [6.45, 7) is 6.29. The lowest BCUT2D eigenvalue weighted by atomic mass is 10.1. The van der Waals surface area contributed by atoms with Gasteiger partial charge in [0.15, 0.2) is 11.5 Å². The number of halogens is 5. The molecule has 14 heteroatoms. The molecular formula is C33H40Cl2F3N3O5S. The van der Waals surface area contributed by atoms with Gasteiger partial charge in [0.05, 0.1) is 37.8 Å². The van der Waals surface area contributed by atoms with E-state index in [0.29, 0.717) is 30.3 Å². The molecular weight excluding hydrogens is 678 g/mol. The first kappa shape index (κ1) is 40.0. The Kier molecular flexibility index (Phi) is 16.2. The Morgan fingerprint density at radius 3 is 2.11 bits per heavy atom. The summed E-state index contributed by atoms with van der Waals surface area (Å²) < 4.78 is 50.1. The predicted molar refractivity (Wildman–Crippen MR) is 184 cm³/mol. The number of aliphatic hydroxyl groups is 1. The largest absolute Gasteiger partial charge is 0.493 e. The molecule has 8 nitrogen and oxygen atoms in total. The quantitative estimate of drug-likeness (QED) is 0.217. The minimum absolute atomic E-state index is 0. The van der Waals surface area contributed by atoms with Crippen LogP contribution in [-0.2, 0) is 11.0 Å². The van der Waals surface area contributed by atoms with Crippen LogP contribution in [0.5, 0.6) is 11.5 Å². The van der Waals surface area contributed by atoms with E-state index in [4.69, 9.17) is 19.7 Å². The lowest BCUT2D eigenvalue weighted by Crippen LogP contribution is -2.47. The van der Waals surface area contributed by atoms with Crippen molar-refractivity contribution in [2.75, 3.05) is 71.5 Å². The molecule has 0 bridgehead atoms. The molecule has 0 aromatic heterocycles. The van der Waals surface area contributed by atoms with Gasteiger partial charge in [-0.15, -0.1) is 24.8 Å². The van der Waals surface area contributed by atoms with E-state index in [9.17, 15) is 18.0 Å². The Morgan fingerprint density at radius 2 is 1.49 bits per heavy atom. The molecule has 47 heavy (non-hydrogen) atoms. The number of rotatable bonds is 10. The van der Waals surface area contributed by atoms with E-state index in [1.807, 2.05) is 29.2 Å². The number of para-hydroxylation sites is 1. The third-order valence-electron chi connectivity index (χ3n) is 7.52. The van der Waals surface area contributed by atoms with Crippen molar-refractivity contribution in [3.63, 3.8) is 0 Å². The van der Waals surface area contributed by atoms with Crippen molar-refractivity contribution in [1.29, 1.82) is 0 Å². The van der Waals surface area contributed by atoms with Crippen LogP contribution in [0.3, 0.4) is 0 Å². The molecule has 3 aromatic carbocycles. The summed E-state index contributed by atoms with van der Waals surface area (Å²) in [5.74, 6) is 0.208. The zero-order valence-corrected chi connectivity index (χ0v) is 28.6. The van der Waals surface area contributed by atoms with Crippen LogP contribution in [0.4, 0.5) is 24.5 Å². The number of nitrogens with zero attached hydrogens (tertiary/aromatic N) is 3. The molecule has 2 N–H and O–H groups in total. The van der Waals surface area contributed by atoms with E-state index in [-0.39, 0.29) is 31.4 Å². The van der Waals surface area contributed by atoms with Crippen LogP contribution in [0.15, 0.2) is 76.5 Å². The summed E-state index contributed by atoms with van der Waals surface area (Å²) in [4.78, 5) is 18.9. The molecule has 0 atom stereocenters. The van der Waals surface area contributed by atoms with Crippen molar-refractivity contribution in [1.82, 2.24) is 9.80 Å². The van der Waals surface area contributed by atoms with Crippen molar-refractivity contribution < 1.29 is 37.7 Å². The number of carbonyl (C=O) groups is 1. The fraction of sp³-hybridized carbons (Fsp3) is 0.364. The third-order valence-corrected chi connectivity index (χ3v) is 8.65. The molecule has 2 aliphatic heterocycles. The van der Waals surface area contributed by atoms with Crippen LogP contribution in [0.25, 0.3) is 6.08 Å². The summed E-state index contributed by atoms with van der Waals surface area (Å²) in [5.41, 5.74) is 1.75.